The first kappa shape index (κ1) is 17.1. The maximum absolute atomic E-state index is 13.3. The lowest BCUT2D eigenvalue weighted by atomic mass is 9.89. The number of aromatic nitrogens is 6. The van der Waals surface area contributed by atoms with Gasteiger partial charge in [-0.15, -0.1) is 10.2 Å². The predicted molar refractivity (Wildman–Crippen MR) is 106 cm³/mol. The smallest absolute Gasteiger partial charge is 0.274 e. The average molecular weight is 438 g/mol. The van der Waals surface area contributed by atoms with Gasteiger partial charge in [-0.25, -0.2) is 4.52 Å². The fourth-order valence-corrected chi connectivity index (χ4v) is 4.20. The molecule has 0 radical (unpaired) electrons. The molecule has 8 nitrogen and oxygen atoms in total. The van der Waals surface area contributed by atoms with E-state index < -0.39 is 0 Å². The molecular weight excluding hydrogens is 422 g/mol. The normalized spacial score (nSPS) is 16.4. The Labute approximate surface area is 168 Å². The highest BCUT2D eigenvalue weighted by Gasteiger charge is 2.32. The van der Waals surface area contributed by atoms with Gasteiger partial charge in [-0.2, -0.15) is 10.3 Å². The SMILES string of the molecule is CC1c2c(cccc2-c2nn[nH]n2)CCN1C(=O)c1cc2ccc(Br)cn2n1. The summed E-state index contributed by atoms with van der Waals surface area (Å²) in [6.07, 6.45) is 2.62. The number of rotatable bonds is 2. The topological polar surface area (TPSA) is 92.1 Å². The van der Waals surface area contributed by atoms with Gasteiger partial charge >= 0.3 is 0 Å². The zero-order valence-electron chi connectivity index (χ0n) is 15.0. The minimum Gasteiger partial charge on any atom is -0.330 e. The third kappa shape index (κ3) is 2.70. The Morgan fingerprint density at radius 1 is 1.29 bits per heavy atom. The van der Waals surface area contributed by atoms with Crippen molar-refractivity contribution in [3.05, 3.63) is 63.9 Å². The number of pyridine rings is 1. The van der Waals surface area contributed by atoms with Crippen LogP contribution in [0.15, 0.2) is 47.1 Å². The van der Waals surface area contributed by atoms with E-state index >= 15 is 0 Å². The molecule has 9 heteroatoms. The standard InChI is InChI=1S/C19H16BrN7O/c1-11-17-12(3-2-4-15(17)18-21-24-25-22-18)7-8-26(11)19(28)16-9-14-6-5-13(20)10-27(14)23-16/h2-6,9-11H,7-8H2,1H3,(H,21,22,24,25). The van der Waals surface area contributed by atoms with Crippen LogP contribution in [0.4, 0.5) is 0 Å². The monoisotopic (exact) mass is 437 g/mol. The number of H-pyrrole nitrogens is 1. The van der Waals surface area contributed by atoms with Crippen molar-refractivity contribution in [2.75, 3.05) is 6.54 Å². The molecule has 1 aliphatic heterocycles. The Bertz CT molecular complexity index is 1180. The molecule has 1 unspecified atom stereocenters. The molecular formula is C19H16BrN7O. The van der Waals surface area contributed by atoms with Crippen LogP contribution in [0.2, 0.25) is 0 Å². The van der Waals surface area contributed by atoms with Crippen molar-refractivity contribution in [3.8, 4) is 11.4 Å². The number of carbonyl (C=O) groups excluding carboxylic acids is 1. The van der Waals surface area contributed by atoms with Gasteiger partial charge in [-0.3, -0.25) is 4.79 Å². The van der Waals surface area contributed by atoms with Crippen molar-refractivity contribution in [2.45, 2.75) is 19.4 Å². The molecule has 0 bridgehead atoms. The largest absolute Gasteiger partial charge is 0.330 e. The lowest BCUT2D eigenvalue weighted by Gasteiger charge is -2.35. The number of benzene rings is 1. The lowest BCUT2D eigenvalue weighted by molar-refractivity contribution is 0.0672. The molecule has 5 rings (SSSR count). The minimum absolute atomic E-state index is 0.0825. The fourth-order valence-electron chi connectivity index (χ4n) is 3.88. The van der Waals surface area contributed by atoms with Crippen molar-refractivity contribution in [3.63, 3.8) is 0 Å². The van der Waals surface area contributed by atoms with E-state index in [9.17, 15) is 4.79 Å². The second kappa shape index (κ2) is 6.52. The Hall–Kier alpha value is -3.07. The molecule has 4 heterocycles. The number of hydrogen-bond acceptors (Lipinski definition) is 5. The number of nitrogens with zero attached hydrogens (tertiary/aromatic N) is 6. The van der Waals surface area contributed by atoms with Gasteiger partial charge in [0.15, 0.2) is 5.69 Å². The van der Waals surface area contributed by atoms with Gasteiger partial charge in [0.2, 0.25) is 5.82 Å². The summed E-state index contributed by atoms with van der Waals surface area (Å²) in [5.74, 6) is 0.455. The van der Waals surface area contributed by atoms with Crippen LogP contribution in [0, 0.1) is 0 Å². The first-order valence-corrected chi connectivity index (χ1v) is 9.72. The van der Waals surface area contributed by atoms with Gasteiger partial charge in [0.05, 0.1) is 11.6 Å². The Morgan fingerprint density at radius 3 is 3.00 bits per heavy atom. The molecule has 28 heavy (non-hydrogen) atoms. The molecule has 140 valence electrons. The highest BCUT2D eigenvalue weighted by atomic mass is 79.9. The van der Waals surface area contributed by atoms with Crippen LogP contribution in [-0.2, 0) is 6.42 Å². The number of fused-ring (bicyclic) bond motifs is 2. The molecule has 0 aliphatic carbocycles. The van der Waals surface area contributed by atoms with Gasteiger partial charge in [-0.1, -0.05) is 18.2 Å². The number of carbonyl (C=O) groups is 1. The van der Waals surface area contributed by atoms with Crippen LogP contribution >= 0.6 is 15.9 Å². The van der Waals surface area contributed by atoms with Gasteiger partial charge in [0.1, 0.15) is 0 Å². The predicted octanol–water partition coefficient (Wildman–Crippen LogP) is 3.04. The summed E-state index contributed by atoms with van der Waals surface area (Å²) in [4.78, 5) is 15.1. The molecule has 1 aliphatic rings. The average Bonchev–Trinajstić information content (AvgIpc) is 3.37. The van der Waals surface area contributed by atoms with Crippen molar-refractivity contribution >= 4 is 27.4 Å². The Kier molecular flexibility index (Phi) is 3.97. The first-order valence-electron chi connectivity index (χ1n) is 8.93. The molecule has 0 spiro atoms. The number of amides is 1. The molecule has 0 fully saturated rings. The van der Waals surface area contributed by atoms with Crippen molar-refractivity contribution < 1.29 is 4.79 Å². The number of tetrazole rings is 1. The van der Waals surface area contributed by atoms with Crippen LogP contribution < -0.4 is 0 Å². The maximum atomic E-state index is 13.3. The summed E-state index contributed by atoms with van der Waals surface area (Å²) in [5.41, 5.74) is 4.48. The molecule has 1 N–H and O–H groups in total. The van der Waals surface area contributed by atoms with Gasteiger partial charge < -0.3 is 4.90 Å². The zero-order chi connectivity index (χ0) is 19.3. The van der Waals surface area contributed by atoms with Crippen molar-refractivity contribution in [2.24, 2.45) is 0 Å². The van der Waals surface area contributed by atoms with E-state index in [-0.39, 0.29) is 11.9 Å². The van der Waals surface area contributed by atoms with E-state index in [1.807, 2.05) is 48.4 Å². The zero-order valence-corrected chi connectivity index (χ0v) is 16.6. The van der Waals surface area contributed by atoms with Crippen molar-refractivity contribution in [1.29, 1.82) is 0 Å². The van der Waals surface area contributed by atoms with Crippen LogP contribution in [0.5, 0.6) is 0 Å². The van der Waals surface area contributed by atoms with Crippen LogP contribution in [0.25, 0.3) is 16.9 Å². The van der Waals surface area contributed by atoms with E-state index in [0.29, 0.717) is 18.1 Å². The van der Waals surface area contributed by atoms with Crippen LogP contribution in [0.3, 0.4) is 0 Å². The van der Waals surface area contributed by atoms with E-state index in [0.717, 1.165) is 27.5 Å². The summed E-state index contributed by atoms with van der Waals surface area (Å²) < 4.78 is 2.62. The van der Waals surface area contributed by atoms with Crippen molar-refractivity contribution in [1.82, 2.24) is 35.1 Å². The number of nitrogens with one attached hydrogen (secondary N) is 1. The number of halogens is 1. The molecule has 3 aromatic heterocycles. The summed E-state index contributed by atoms with van der Waals surface area (Å²) in [6.45, 7) is 2.67. The lowest BCUT2D eigenvalue weighted by Crippen LogP contribution is -2.39. The van der Waals surface area contributed by atoms with E-state index in [1.54, 1.807) is 4.52 Å². The van der Waals surface area contributed by atoms with E-state index in [2.05, 4.69) is 47.7 Å². The summed E-state index contributed by atoms with van der Waals surface area (Å²) >= 11 is 3.43. The van der Waals surface area contributed by atoms with Gasteiger partial charge in [0, 0.05) is 22.8 Å². The minimum atomic E-state index is -0.123. The third-order valence-electron chi connectivity index (χ3n) is 5.19. The molecule has 1 aromatic carbocycles. The quantitative estimate of drug-likeness (QED) is 0.520. The van der Waals surface area contributed by atoms with E-state index in [1.165, 1.54) is 5.56 Å². The number of hydrogen-bond donors (Lipinski definition) is 1. The van der Waals surface area contributed by atoms with Crippen LogP contribution in [-0.4, -0.2) is 47.6 Å². The Balaban J connectivity index is 1.53. The fraction of sp³-hybridized carbons (Fsp3) is 0.211. The van der Waals surface area contributed by atoms with Gasteiger partial charge in [-0.05, 0) is 63.8 Å². The summed E-state index contributed by atoms with van der Waals surface area (Å²) in [5, 5.41) is 18.9. The number of aromatic amines is 1. The van der Waals surface area contributed by atoms with Gasteiger partial charge in [0.25, 0.3) is 5.91 Å². The Morgan fingerprint density at radius 2 is 2.18 bits per heavy atom. The molecule has 4 aromatic rings. The third-order valence-corrected chi connectivity index (χ3v) is 5.66. The maximum Gasteiger partial charge on any atom is 0.274 e. The second-order valence-electron chi connectivity index (χ2n) is 6.78. The highest BCUT2D eigenvalue weighted by molar-refractivity contribution is 9.10. The molecule has 1 atom stereocenters. The molecule has 1 amide bonds. The molecule has 0 saturated carbocycles. The summed E-state index contributed by atoms with van der Waals surface area (Å²) in [7, 11) is 0. The second-order valence-corrected chi connectivity index (χ2v) is 7.70. The van der Waals surface area contributed by atoms with E-state index in [4.69, 9.17) is 0 Å². The summed E-state index contributed by atoms with van der Waals surface area (Å²) in [6, 6.07) is 11.6. The van der Waals surface area contributed by atoms with Crippen LogP contribution in [0.1, 0.15) is 34.6 Å². The molecule has 0 saturated heterocycles. The first-order chi connectivity index (χ1) is 13.6. The highest BCUT2D eigenvalue weighted by Crippen LogP contribution is 2.36.